The summed E-state index contributed by atoms with van der Waals surface area (Å²) in [7, 11) is 1.67. The average Bonchev–Trinajstić information content (AvgIpc) is 3.03. The third kappa shape index (κ3) is 2.10. The molecule has 1 aromatic heterocycles. The number of rotatable bonds is 3. The van der Waals surface area contributed by atoms with E-state index in [1.54, 1.807) is 18.4 Å². The zero-order valence-electron chi connectivity index (χ0n) is 10.1. The number of thiazole rings is 1. The number of fused-ring (bicyclic) bond motifs is 2. The van der Waals surface area contributed by atoms with Crippen molar-refractivity contribution in [3.63, 3.8) is 0 Å². The maximum absolute atomic E-state index is 11.3. The molecule has 0 spiro atoms. The van der Waals surface area contributed by atoms with E-state index in [1.807, 2.05) is 0 Å². The molecule has 1 N–H and O–H groups in total. The van der Waals surface area contributed by atoms with Gasteiger partial charge in [-0.05, 0) is 31.1 Å². The number of likely N-dealkylation sites (N-methyl/N-ethyl adjacent to an activating group) is 1. The fourth-order valence-electron chi connectivity index (χ4n) is 3.41. The quantitative estimate of drug-likeness (QED) is 0.894. The third-order valence-electron chi connectivity index (χ3n) is 4.28. The molecule has 2 aliphatic carbocycles. The Morgan fingerprint density at radius 2 is 2.41 bits per heavy atom. The van der Waals surface area contributed by atoms with Crippen molar-refractivity contribution in [2.75, 3.05) is 7.05 Å². The molecule has 0 unspecified atom stereocenters. The summed E-state index contributed by atoms with van der Waals surface area (Å²) in [4.78, 5) is 16.0. The minimum absolute atomic E-state index is 0.0545. The molecule has 3 atom stereocenters. The van der Waals surface area contributed by atoms with Gasteiger partial charge in [-0.15, -0.1) is 11.3 Å². The monoisotopic (exact) mass is 250 g/mol. The molecule has 2 bridgehead atoms. The zero-order valence-corrected chi connectivity index (χ0v) is 10.9. The molecule has 3 nitrogen and oxygen atoms in total. The first-order valence-electron chi connectivity index (χ1n) is 6.41. The van der Waals surface area contributed by atoms with Gasteiger partial charge in [0.05, 0.1) is 12.1 Å². The Morgan fingerprint density at radius 3 is 3.06 bits per heavy atom. The fraction of sp³-hybridized carbons (Fsp3) is 0.692. The van der Waals surface area contributed by atoms with E-state index >= 15 is 0 Å². The summed E-state index contributed by atoms with van der Waals surface area (Å²) in [6.07, 6.45) is 5.98. The second-order valence-corrected chi connectivity index (χ2v) is 6.24. The van der Waals surface area contributed by atoms with Crippen molar-refractivity contribution in [3.8, 4) is 0 Å². The number of amides is 1. The highest BCUT2D eigenvalue weighted by Crippen LogP contribution is 2.52. The van der Waals surface area contributed by atoms with E-state index in [2.05, 4.69) is 15.7 Å². The number of nitrogens with zero attached hydrogens (tertiary/aromatic N) is 1. The van der Waals surface area contributed by atoms with E-state index in [0.29, 0.717) is 12.3 Å². The van der Waals surface area contributed by atoms with Crippen LogP contribution in [0.3, 0.4) is 0 Å². The molecule has 2 saturated carbocycles. The van der Waals surface area contributed by atoms with Crippen LogP contribution in [-0.2, 0) is 11.2 Å². The number of hydrogen-bond donors (Lipinski definition) is 1. The largest absolute Gasteiger partial charge is 0.359 e. The standard InChI is InChI=1S/C13H18N2OS/c1-14-12(16)6-13-15-11(7-17-13)10-5-8-2-3-9(10)4-8/h7-10H,2-6H2,1H3,(H,14,16)/t8-,9-,10-/m0/s1. The van der Waals surface area contributed by atoms with Crippen molar-refractivity contribution in [1.29, 1.82) is 0 Å². The van der Waals surface area contributed by atoms with E-state index in [4.69, 9.17) is 0 Å². The second kappa shape index (κ2) is 4.41. The predicted molar refractivity (Wildman–Crippen MR) is 68.1 cm³/mol. The van der Waals surface area contributed by atoms with Crippen molar-refractivity contribution < 1.29 is 4.79 Å². The number of hydrogen-bond acceptors (Lipinski definition) is 3. The Bertz CT molecular complexity index is 429. The van der Waals surface area contributed by atoms with Gasteiger partial charge in [-0.3, -0.25) is 4.79 Å². The number of aromatic nitrogens is 1. The molecule has 0 aromatic carbocycles. The van der Waals surface area contributed by atoms with E-state index in [0.717, 1.165) is 16.8 Å². The first-order chi connectivity index (χ1) is 8.26. The van der Waals surface area contributed by atoms with Gasteiger partial charge in [-0.25, -0.2) is 4.98 Å². The van der Waals surface area contributed by atoms with Gasteiger partial charge >= 0.3 is 0 Å². The van der Waals surface area contributed by atoms with Crippen molar-refractivity contribution in [3.05, 3.63) is 16.1 Å². The average molecular weight is 250 g/mol. The summed E-state index contributed by atoms with van der Waals surface area (Å²) in [5.74, 6) is 2.56. The molecule has 1 heterocycles. The van der Waals surface area contributed by atoms with Crippen LogP contribution >= 0.6 is 11.3 Å². The number of carbonyl (C=O) groups is 1. The van der Waals surface area contributed by atoms with Gasteiger partial charge in [-0.2, -0.15) is 0 Å². The molecule has 4 heteroatoms. The van der Waals surface area contributed by atoms with Crippen molar-refractivity contribution in [2.24, 2.45) is 11.8 Å². The normalized spacial score (nSPS) is 30.8. The Balaban J connectivity index is 1.70. The van der Waals surface area contributed by atoms with Gasteiger partial charge in [0.1, 0.15) is 5.01 Å². The molecule has 3 rings (SSSR count). The number of carbonyl (C=O) groups excluding carboxylic acids is 1. The lowest BCUT2D eigenvalue weighted by molar-refractivity contribution is -0.119. The van der Waals surface area contributed by atoms with Crippen LogP contribution in [0.25, 0.3) is 0 Å². The lowest BCUT2D eigenvalue weighted by atomic mass is 9.87. The van der Waals surface area contributed by atoms with Gasteiger partial charge in [-0.1, -0.05) is 6.42 Å². The summed E-state index contributed by atoms with van der Waals surface area (Å²) < 4.78 is 0. The second-order valence-electron chi connectivity index (χ2n) is 5.30. The molecule has 1 amide bonds. The van der Waals surface area contributed by atoms with Crippen LogP contribution in [0.1, 0.15) is 42.3 Å². The van der Waals surface area contributed by atoms with Crippen molar-refractivity contribution >= 4 is 17.2 Å². The third-order valence-corrected chi connectivity index (χ3v) is 5.15. The van der Waals surface area contributed by atoms with Gasteiger partial charge in [0.25, 0.3) is 0 Å². The molecule has 0 radical (unpaired) electrons. The van der Waals surface area contributed by atoms with Gasteiger partial charge in [0.2, 0.25) is 5.91 Å². The van der Waals surface area contributed by atoms with E-state index < -0.39 is 0 Å². The molecule has 2 fully saturated rings. The van der Waals surface area contributed by atoms with E-state index in [9.17, 15) is 4.79 Å². The molecule has 0 aliphatic heterocycles. The minimum atomic E-state index is 0.0545. The van der Waals surface area contributed by atoms with E-state index in [1.165, 1.54) is 31.4 Å². The van der Waals surface area contributed by atoms with Gasteiger partial charge < -0.3 is 5.32 Å². The van der Waals surface area contributed by atoms with Crippen LogP contribution in [0.5, 0.6) is 0 Å². The van der Waals surface area contributed by atoms with Gasteiger partial charge in [0.15, 0.2) is 0 Å². The summed E-state index contributed by atoms with van der Waals surface area (Å²) >= 11 is 1.64. The smallest absolute Gasteiger partial charge is 0.226 e. The number of nitrogens with one attached hydrogen (secondary N) is 1. The molecular weight excluding hydrogens is 232 g/mol. The molecule has 17 heavy (non-hydrogen) atoms. The maximum Gasteiger partial charge on any atom is 0.226 e. The minimum Gasteiger partial charge on any atom is -0.359 e. The summed E-state index contributed by atoms with van der Waals surface area (Å²) in [6, 6.07) is 0. The molecular formula is C13H18N2OS. The highest BCUT2D eigenvalue weighted by atomic mass is 32.1. The maximum atomic E-state index is 11.3. The zero-order chi connectivity index (χ0) is 11.8. The van der Waals surface area contributed by atoms with Crippen molar-refractivity contribution in [1.82, 2.24) is 10.3 Å². The van der Waals surface area contributed by atoms with E-state index in [-0.39, 0.29) is 5.91 Å². The predicted octanol–water partition coefficient (Wildman–Crippen LogP) is 2.34. The topological polar surface area (TPSA) is 42.0 Å². The molecule has 92 valence electrons. The molecule has 2 aliphatic rings. The van der Waals surface area contributed by atoms with Crippen LogP contribution in [0.2, 0.25) is 0 Å². The van der Waals surface area contributed by atoms with Crippen LogP contribution in [-0.4, -0.2) is 17.9 Å². The van der Waals surface area contributed by atoms with Gasteiger partial charge in [0, 0.05) is 18.3 Å². The molecule has 1 aromatic rings. The van der Waals surface area contributed by atoms with Crippen LogP contribution < -0.4 is 5.32 Å². The Hall–Kier alpha value is -0.900. The SMILES string of the molecule is CNC(=O)Cc1nc([C@H]2C[C@H]3CC[C@H]2C3)cs1. The Morgan fingerprint density at radius 1 is 1.53 bits per heavy atom. The summed E-state index contributed by atoms with van der Waals surface area (Å²) in [6.45, 7) is 0. The Kier molecular flexibility index (Phi) is 2.90. The lowest BCUT2D eigenvalue weighted by Gasteiger charge is -2.19. The highest BCUT2D eigenvalue weighted by Gasteiger charge is 2.41. The van der Waals surface area contributed by atoms with Crippen LogP contribution in [0, 0.1) is 11.8 Å². The fourth-order valence-corrected chi connectivity index (χ4v) is 4.27. The Labute approximate surface area is 106 Å². The summed E-state index contributed by atoms with van der Waals surface area (Å²) in [5, 5.41) is 5.78. The summed E-state index contributed by atoms with van der Waals surface area (Å²) in [5.41, 5.74) is 1.25. The van der Waals surface area contributed by atoms with Crippen LogP contribution in [0.15, 0.2) is 5.38 Å². The lowest BCUT2D eigenvalue weighted by Crippen LogP contribution is -2.19. The first-order valence-corrected chi connectivity index (χ1v) is 7.29. The molecule has 0 saturated heterocycles. The first kappa shape index (κ1) is 11.2. The van der Waals surface area contributed by atoms with Crippen molar-refractivity contribution in [2.45, 2.75) is 38.0 Å². The van der Waals surface area contributed by atoms with Crippen LogP contribution in [0.4, 0.5) is 0 Å². The highest BCUT2D eigenvalue weighted by molar-refractivity contribution is 7.09.